The van der Waals surface area contributed by atoms with Crippen molar-refractivity contribution in [3.05, 3.63) is 0 Å². The van der Waals surface area contributed by atoms with E-state index in [1.807, 2.05) is 0 Å². The number of hydrogen-bond acceptors (Lipinski definition) is 8. The molecule has 2 aliphatic rings. The van der Waals surface area contributed by atoms with Crippen molar-refractivity contribution < 1.29 is 33.3 Å². The van der Waals surface area contributed by atoms with Crippen LogP contribution in [-0.4, -0.2) is 48.2 Å². The Morgan fingerprint density at radius 1 is 1.00 bits per heavy atom. The van der Waals surface area contributed by atoms with E-state index in [-0.39, 0.29) is 25.0 Å². The Hall–Kier alpha value is -1.83. The number of rotatable bonds is 5. The number of piperidine rings is 1. The van der Waals surface area contributed by atoms with Gasteiger partial charge < -0.3 is 24.3 Å². The third kappa shape index (κ3) is 6.16. The van der Waals surface area contributed by atoms with Crippen molar-refractivity contribution in [1.82, 2.24) is 5.32 Å². The molecule has 1 aliphatic heterocycles. The topological polar surface area (TPSA) is 100 Å². The SMILES string of the molecule is CC(C)(C)OC(=O)OC(=O)OC(C)(C)CCOC(=O)[C@H]1N[C@@H]2CC[C@H]1C2. The molecule has 26 heavy (non-hydrogen) atoms. The summed E-state index contributed by atoms with van der Waals surface area (Å²) in [6, 6.07) is 0.204. The number of nitrogens with one attached hydrogen (secondary N) is 1. The zero-order chi connectivity index (χ0) is 19.5. The molecular weight excluding hydrogens is 342 g/mol. The number of carbonyl (C=O) groups is 3. The molecule has 1 saturated heterocycles. The highest BCUT2D eigenvalue weighted by Gasteiger charge is 2.43. The average molecular weight is 371 g/mol. The van der Waals surface area contributed by atoms with Crippen LogP contribution in [0.2, 0.25) is 0 Å². The Balaban J connectivity index is 1.68. The first-order chi connectivity index (χ1) is 12.0. The Morgan fingerprint density at radius 2 is 1.65 bits per heavy atom. The van der Waals surface area contributed by atoms with Crippen LogP contribution < -0.4 is 5.32 Å². The predicted octanol–water partition coefficient (Wildman–Crippen LogP) is 2.93. The summed E-state index contributed by atoms with van der Waals surface area (Å²) in [6.07, 6.45) is 1.23. The Labute approximate surface area is 153 Å². The maximum absolute atomic E-state index is 12.1. The van der Waals surface area contributed by atoms with Crippen LogP contribution in [0.4, 0.5) is 9.59 Å². The van der Waals surface area contributed by atoms with E-state index in [1.165, 1.54) is 0 Å². The van der Waals surface area contributed by atoms with Crippen molar-refractivity contribution in [2.45, 2.75) is 83.6 Å². The molecule has 0 radical (unpaired) electrons. The minimum atomic E-state index is -1.15. The van der Waals surface area contributed by atoms with Crippen LogP contribution in [0.15, 0.2) is 0 Å². The van der Waals surface area contributed by atoms with E-state index in [0.717, 1.165) is 19.3 Å². The van der Waals surface area contributed by atoms with Crippen LogP contribution in [-0.2, 0) is 23.7 Å². The van der Waals surface area contributed by atoms with Crippen LogP contribution in [0.3, 0.4) is 0 Å². The summed E-state index contributed by atoms with van der Waals surface area (Å²) in [5, 5.41) is 3.28. The van der Waals surface area contributed by atoms with Crippen LogP contribution in [0.25, 0.3) is 0 Å². The van der Waals surface area contributed by atoms with Gasteiger partial charge in [-0.3, -0.25) is 4.79 Å². The van der Waals surface area contributed by atoms with Gasteiger partial charge in [0.25, 0.3) is 0 Å². The lowest BCUT2D eigenvalue weighted by atomic mass is 10.0. The van der Waals surface area contributed by atoms with Crippen molar-refractivity contribution in [3.63, 3.8) is 0 Å². The maximum atomic E-state index is 12.1. The fourth-order valence-corrected chi connectivity index (χ4v) is 3.24. The Kier molecular flexibility index (Phi) is 6.16. The second kappa shape index (κ2) is 7.82. The van der Waals surface area contributed by atoms with Crippen LogP contribution in [0, 0.1) is 5.92 Å². The van der Waals surface area contributed by atoms with Crippen LogP contribution in [0.5, 0.6) is 0 Å². The highest BCUT2D eigenvalue weighted by Crippen LogP contribution is 2.35. The van der Waals surface area contributed by atoms with Gasteiger partial charge in [0, 0.05) is 12.5 Å². The summed E-state index contributed by atoms with van der Waals surface area (Å²) in [6.45, 7) is 8.37. The minimum Gasteiger partial charge on any atom is -0.464 e. The fourth-order valence-electron chi connectivity index (χ4n) is 3.24. The standard InChI is InChI=1S/C18H29NO7/c1-17(2,3)25-15(21)24-16(22)26-18(4,5)8-9-23-14(20)13-11-6-7-12(10-11)19-13/h11-13,19H,6-10H2,1-5H3/t11-,12+,13-/m0/s1. The first kappa shape index (κ1) is 20.5. The summed E-state index contributed by atoms with van der Waals surface area (Å²) in [5.41, 5.74) is -1.73. The number of carbonyl (C=O) groups excluding carboxylic acids is 3. The van der Waals surface area contributed by atoms with Crippen molar-refractivity contribution in [1.29, 1.82) is 0 Å². The minimum absolute atomic E-state index is 0.112. The monoisotopic (exact) mass is 371 g/mol. The van der Waals surface area contributed by atoms with Gasteiger partial charge in [-0.1, -0.05) is 0 Å². The van der Waals surface area contributed by atoms with Gasteiger partial charge in [-0.2, -0.15) is 0 Å². The fraction of sp³-hybridized carbons (Fsp3) is 0.833. The lowest BCUT2D eigenvalue weighted by Gasteiger charge is -2.26. The van der Waals surface area contributed by atoms with E-state index in [1.54, 1.807) is 34.6 Å². The Morgan fingerprint density at radius 3 is 2.19 bits per heavy atom. The lowest BCUT2D eigenvalue weighted by molar-refractivity contribution is -0.148. The zero-order valence-corrected chi connectivity index (χ0v) is 16.1. The van der Waals surface area contributed by atoms with Gasteiger partial charge >= 0.3 is 18.3 Å². The molecule has 1 N–H and O–H groups in total. The smallest absolute Gasteiger partial charge is 0.464 e. The summed E-state index contributed by atoms with van der Waals surface area (Å²) in [7, 11) is 0. The second-order valence-electron chi connectivity index (χ2n) is 8.51. The van der Waals surface area contributed by atoms with Gasteiger partial charge in [0.05, 0.1) is 6.61 Å². The highest BCUT2D eigenvalue weighted by atomic mass is 16.8. The van der Waals surface area contributed by atoms with Gasteiger partial charge in [-0.15, -0.1) is 0 Å². The first-order valence-corrected chi connectivity index (χ1v) is 9.02. The Bertz CT molecular complexity index is 552. The molecule has 2 rings (SSSR count). The molecule has 2 bridgehead atoms. The van der Waals surface area contributed by atoms with Crippen molar-refractivity contribution in [2.24, 2.45) is 5.92 Å². The molecule has 0 aromatic heterocycles. The third-order valence-electron chi connectivity index (χ3n) is 4.48. The van der Waals surface area contributed by atoms with Crippen molar-refractivity contribution in [2.75, 3.05) is 6.61 Å². The van der Waals surface area contributed by atoms with Gasteiger partial charge in [0.15, 0.2) is 0 Å². The average Bonchev–Trinajstić information content (AvgIpc) is 3.06. The van der Waals surface area contributed by atoms with E-state index in [4.69, 9.17) is 14.2 Å². The van der Waals surface area contributed by atoms with E-state index >= 15 is 0 Å². The predicted molar refractivity (Wildman–Crippen MR) is 91.5 cm³/mol. The van der Waals surface area contributed by atoms with E-state index in [2.05, 4.69) is 10.1 Å². The van der Waals surface area contributed by atoms with Gasteiger partial charge in [-0.05, 0) is 59.8 Å². The number of hydrogen-bond donors (Lipinski definition) is 1. The molecule has 3 atom stereocenters. The summed E-state index contributed by atoms with van der Waals surface area (Å²) in [4.78, 5) is 35.3. The second-order valence-corrected chi connectivity index (χ2v) is 8.51. The molecule has 0 aromatic carbocycles. The molecule has 0 aromatic rings. The molecule has 1 aliphatic carbocycles. The molecule has 2 fully saturated rings. The molecule has 8 heteroatoms. The van der Waals surface area contributed by atoms with Gasteiger partial charge in [0.2, 0.25) is 0 Å². The van der Waals surface area contributed by atoms with E-state index < -0.39 is 23.5 Å². The molecule has 0 unspecified atom stereocenters. The van der Waals surface area contributed by atoms with Gasteiger partial charge in [0.1, 0.15) is 17.2 Å². The molecule has 0 amide bonds. The molecule has 8 nitrogen and oxygen atoms in total. The van der Waals surface area contributed by atoms with Crippen molar-refractivity contribution >= 4 is 18.3 Å². The molecule has 1 saturated carbocycles. The number of esters is 1. The lowest BCUT2D eigenvalue weighted by Crippen LogP contribution is -2.43. The third-order valence-corrected chi connectivity index (χ3v) is 4.48. The number of ether oxygens (including phenoxy) is 4. The molecule has 1 heterocycles. The number of fused-ring (bicyclic) bond motifs is 2. The summed E-state index contributed by atoms with van der Waals surface area (Å²) >= 11 is 0. The molecule has 0 spiro atoms. The highest BCUT2D eigenvalue weighted by molar-refractivity contribution is 5.77. The summed E-state index contributed by atoms with van der Waals surface area (Å²) < 4.78 is 19.8. The molecule has 148 valence electrons. The quantitative estimate of drug-likeness (QED) is 0.447. The van der Waals surface area contributed by atoms with Crippen LogP contribution >= 0.6 is 0 Å². The van der Waals surface area contributed by atoms with E-state index in [0.29, 0.717) is 12.0 Å². The normalized spacial score (nSPS) is 24.9. The zero-order valence-electron chi connectivity index (χ0n) is 16.1. The van der Waals surface area contributed by atoms with Gasteiger partial charge in [-0.25, -0.2) is 9.59 Å². The maximum Gasteiger partial charge on any atom is 0.519 e. The van der Waals surface area contributed by atoms with E-state index in [9.17, 15) is 14.4 Å². The van der Waals surface area contributed by atoms with Crippen molar-refractivity contribution in [3.8, 4) is 0 Å². The largest absolute Gasteiger partial charge is 0.519 e. The van der Waals surface area contributed by atoms with Crippen LogP contribution in [0.1, 0.15) is 60.3 Å². The first-order valence-electron chi connectivity index (χ1n) is 9.02. The summed E-state index contributed by atoms with van der Waals surface area (Å²) in [5.74, 6) is 0.102. The molecular formula is C18H29NO7.